The van der Waals surface area contributed by atoms with Gasteiger partial charge in [-0.25, -0.2) is 9.97 Å². The van der Waals surface area contributed by atoms with Gasteiger partial charge >= 0.3 is 0 Å². The third-order valence-electron chi connectivity index (χ3n) is 9.03. The van der Waals surface area contributed by atoms with Crippen LogP contribution in [0.1, 0.15) is 16.8 Å². The Morgan fingerprint density at radius 2 is 1.02 bits per heavy atom. The van der Waals surface area contributed by atoms with E-state index in [1.54, 1.807) is 0 Å². The molecule has 45 heavy (non-hydrogen) atoms. The van der Waals surface area contributed by atoms with Crippen molar-refractivity contribution in [3.63, 3.8) is 0 Å². The van der Waals surface area contributed by atoms with E-state index in [2.05, 4.69) is 77.4 Å². The van der Waals surface area contributed by atoms with Crippen molar-refractivity contribution >= 4 is 21.8 Å². The lowest BCUT2D eigenvalue weighted by atomic mass is 9.85. The smallest absolute Gasteiger partial charge is 0.160 e. The van der Waals surface area contributed by atoms with E-state index in [1.807, 2.05) is 84.9 Å². The average Bonchev–Trinajstić information content (AvgIpc) is 3.59. The van der Waals surface area contributed by atoms with Crippen LogP contribution in [0.5, 0.6) is 0 Å². The van der Waals surface area contributed by atoms with Gasteiger partial charge in [0.15, 0.2) is 11.4 Å². The number of hydrogen-bond acceptors (Lipinski definition) is 3. The second-order valence-corrected chi connectivity index (χ2v) is 11.5. The first-order valence-corrected chi connectivity index (χ1v) is 15.2. The first kappa shape index (κ1) is 25.6. The number of benzene rings is 6. The Balaban J connectivity index is 1.40. The van der Waals surface area contributed by atoms with Gasteiger partial charge in [-0.05, 0) is 23.8 Å². The van der Waals surface area contributed by atoms with Crippen molar-refractivity contribution in [2.24, 2.45) is 0 Å². The van der Waals surface area contributed by atoms with Gasteiger partial charge < -0.3 is 9.67 Å². The van der Waals surface area contributed by atoms with E-state index in [1.165, 1.54) is 10.8 Å². The van der Waals surface area contributed by atoms with Crippen LogP contribution in [-0.2, 0) is 5.60 Å². The predicted octanol–water partition coefficient (Wildman–Crippen LogP) is 9.17. The third kappa shape index (κ3) is 3.70. The lowest BCUT2D eigenvalue weighted by Gasteiger charge is -2.29. The van der Waals surface area contributed by atoms with Gasteiger partial charge in [-0.1, -0.05) is 140 Å². The van der Waals surface area contributed by atoms with Gasteiger partial charge in [0.2, 0.25) is 0 Å². The molecule has 1 aliphatic rings. The fraction of sp³-hybridized carbons (Fsp3) is 0.0244. The van der Waals surface area contributed by atoms with Gasteiger partial charge in [-0.15, -0.1) is 0 Å². The van der Waals surface area contributed by atoms with Crippen LogP contribution in [0, 0.1) is 0 Å². The Hall–Kier alpha value is -5.84. The lowest BCUT2D eigenvalue weighted by molar-refractivity contribution is 0.126. The van der Waals surface area contributed by atoms with Crippen LogP contribution >= 0.6 is 0 Å². The molecule has 8 aromatic rings. The summed E-state index contributed by atoms with van der Waals surface area (Å²) in [6, 6.07) is 53.4. The normalized spacial score (nSPS) is 15.3. The van der Waals surface area contributed by atoms with Crippen LogP contribution < -0.4 is 0 Å². The van der Waals surface area contributed by atoms with Crippen molar-refractivity contribution in [2.45, 2.75) is 5.60 Å². The zero-order chi connectivity index (χ0) is 30.0. The Bertz CT molecular complexity index is 2340. The minimum Gasteiger partial charge on any atom is -0.374 e. The summed E-state index contributed by atoms with van der Waals surface area (Å²) in [5.74, 6) is 0.578. The van der Waals surface area contributed by atoms with Gasteiger partial charge in [0, 0.05) is 38.6 Å². The van der Waals surface area contributed by atoms with E-state index < -0.39 is 5.60 Å². The fourth-order valence-corrected chi connectivity index (χ4v) is 7.07. The zero-order valence-corrected chi connectivity index (χ0v) is 24.3. The minimum absolute atomic E-state index is 0.578. The van der Waals surface area contributed by atoms with Crippen LogP contribution in [0.2, 0.25) is 0 Å². The quantitative estimate of drug-likeness (QED) is 0.227. The molecule has 1 unspecified atom stereocenters. The molecule has 2 aromatic heterocycles. The second-order valence-electron chi connectivity index (χ2n) is 11.5. The maximum atomic E-state index is 13.4. The Labute approximate surface area is 260 Å². The summed E-state index contributed by atoms with van der Waals surface area (Å²) in [5.41, 5.74) is 8.13. The molecule has 0 aliphatic heterocycles. The molecule has 1 N–H and O–H groups in total. The number of nitrogens with zero attached hydrogens (tertiary/aromatic N) is 3. The van der Waals surface area contributed by atoms with Crippen molar-refractivity contribution in [1.29, 1.82) is 0 Å². The highest BCUT2D eigenvalue weighted by atomic mass is 16.3. The first-order valence-electron chi connectivity index (χ1n) is 15.2. The fourth-order valence-electron chi connectivity index (χ4n) is 7.07. The first-order chi connectivity index (χ1) is 22.2. The molecule has 4 nitrogen and oxygen atoms in total. The second kappa shape index (κ2) is 9.84. The van der Waals surface area contributed by atoms with Crippen molar-refractivity contribution in [1.82, 2.24) is 14.5 Å². The topological polar surface area (TPSA) is 50.9 Å². The molecule has 0 bridgehead atoms. The van der Waals surface area contributed by atoms with Crippen LogP contribution in [0.15, 0.2) is 158 Å². The number of aromatic nitrogens is 3. The molecule has 0 amide bonds. The number of fused-ring (bicyclic) bond motifs is 6. The number of aliphatic hydroxyl groups is 1. The summed E-state index contributed by atoms with van der Waals surface area (Å²) >= 11 is 0. The lowest BCUT2D eigenvalue weighted by Crippen LogP contribution is -2.29. The number of para-hydroxylation sites is 3. The van der Waals surface area contributed by atoms with Crippen LogP contribution in [0.3, 0.4) is 0 Å². The SMILES string of the molecule is OC1(c2ccccc2-n2c3ccccc3c3ccccc32)c2ccccc2-c2c(-c3ccccc3)nc(-c3ccccc3)nc21. The van der Waals surface area contributed by atoms with E-state index in [-0.39, 0.29) is 0 Å². The molecule has 0 saturated heterocycles. The van der Waals surface area contributed by atoms with Gasteiger partial charge in [0.05, 0.1) is 28.1 Å². The van der Waals surface area contributed by atoms with Crippen LogP contribution in [0.25, 0.3) is 61.3 Å². The molecule has 0 fully saturated rings. The minimum atomic E-state index is -1.55. The number of hydrogen-bond donors (Lipinski definition) is 1. The van der Waals surface area contributed by atoms with Crippen molar-refractivity contribution < 1.29 is 5.11 Å². The van der Waals surface area contributed by atoms with E-state index in [9.17, 15) is 5.11 Å². The Kier molecular flexibility index (Phi) is 5.61. The van der Waals surface area contributed by atoms with Crippen molar-refractivity contribution in [3.8, 4) is 39.5 Å². The molecular formula is C41H27N3O. The largest absolute Gasteiger partial charge is 0.374 e. The molecule has 212 valence electrons. The van der Waals surface area contributed by atoms with Gasteiger partial charge in [-0.2, -0.15) is 0 Å². The molecule has 6 aromatic carbocycles. The maximum absolute atomic E-state index is 13.4. The highest BCUT2D eigenvalue weighted by Crippen LogP contribution is 2.54. The summed E-state index contributed by atoms with van der Waals surface area (Å²) in [4.78, 5) is 10.4. The monoisotopic (exact) mass is 577 g/mol. The Morgan fingerprint density at radius 3 is 1.71 bits per heavy atom. The highest BCUT2D eigenvalue weighted by molar-refractivity contribution is 6.09. The number of rotatable bonds is 4. The van der Waals surface area contributed by atoms with Gasteiger partial charge in [0.25, 0.3) is 0 Å². The summed E-state index contributed by atoms with van der Waals surface area (Å²) in [7, 11) is 0. The van der Waals surface area contributed by atoms with E-state index in [0.29, 0.717) is 11.5 Å². The zero-order valence-electron chi connectivity index (χ0n) is 24.3. The molecule has 1 atom stereocenters. The van der Waals surface area contributed by atoms with Crippen molar-refractivity contribution in [3.05, 3.63) is 175 Å². The highest BCUT2D eigenvalue weighted by Gasteiger charge is 2.48. The maximum Gasteiger partial charge on any atom is 0.160 e. The molecule has 4 heteroatoms. The summed E-state index contributed by atoms with van der Waals surface area (Å²) < 4.78 is 2.27. The van der Waals surface area contributed by atoms with Crippen LogP contribution in [-0.4, -0.2) is 19.6 Å². The van der Waals surface area contributed by atoms with Crippen LogP contribution in [0.4, 0.5) is 0 Å². The van der Waals surface area contributed by atoms with E-state index in [0.717, 1.165) is 55.8 Å². The Morgan fingerprint density at radius 1 is 0.489 bits per heavy atom. The summed E-state index contributed by atoms with van der Waals surface area (Å²) in [6.45, 7) is 0. The predicted molar refractivity (Wildman–Crippen MR) is 181 cm³/mol. The summed E-state index contributed by atoms with van der Waals surface area (Å²) in [5, 5.41) is 15.8. The third-order valence-corrected chi connectivity index (χ3v) is 9.03. The molecule has 0 saturated carbocycles. The molecule has 0 spiro atoms. The molecule has 1 aliphatic carbocycles. The van der Waals surface area contributed by atoms with E-state index in [4.69, 9.17) is 9.97 Å². The summed E-state index contributed by atoms with van der Waals surface area (Å²) in [6.07, 6.45) is 0. The molecule has 0 radical (unpaired) electrons. The standard InChI is InChI=1S/C41H27N3O/c45-41(33-23-11-14-26-36(33)44-34-24-12-8-19-29(34)30-20-9-13-25-35(30)44)32-22-10-7-21-31(32)37-38(27-15-3-1-4-16-27)42-40(43-39(37)41)28-17-5-2-6-18-28/h1-26,45H. The molecule has 9 rings (SSSR count). The average molecular weight is 578 g/mol. The van der Waals surface area contributed by atoms with Crippen molar-refractivity contribution in [2.75, 3.05) is 0 Å². The molecular weight excluding hydrogens is 550 g/mol. The van der Waals surface area contributed by atoms with Gasteiger partial charge in [-0.3, -0.25) is 0 Å². The van der Waals surface area contributed by atoms with E-state index >= 15 is 0 Å². The van der Waals surface area contributed by atoms with Gasteiger partial charge in [0.1, 0.15) is 0 Å². The molecule has 2 heterocycles.